The van der Waals surface area contributed by atoms with Crippen molar-refractivity contribution in [2.75, 3.05) is 26.8 Å². The zero-order chi connectivity index (χ0) is 30.9. The van der Waals surface area contributed by atoms with Crippen molar-refractivity contribution < 1.29 is 39.2 Å². The summed E-state index contributed by atoms with van der Waals surface area (Å²) < 4.78 is 18.1. The van der Waals surface area contributed by atoms with Gasteiger partial charge in [0, 0.05) is 37.4 Å². The fourth-order valence-corrected chi connectivity index (χ4v) is 6.05. The molecule has 1 aromatic carbocycles. The van der Waals surface area contributed by atoms with E-state index >= 15 is 0 Å². The molecule has 13 nitrogen and oxygen atoms in total. The molecule has 236 valence electrons. The average Bonchev–Trinajstić information content (AvgIpc) is 3.64. The van der Waals surface area contributed by atoms with Gasteiger partial charge in [0.25, 0.3) is 0 Å². The Kier molecular flexibility index (Phi) is 9.47. The minimum Gasteiger partial charge on any atom is -0.495 e. The standard InChI is InChI=1S/C29H40ClN5O8/c1-29(2,3)42-28(39)34-9-7-16(8-10-34)20-12-18(43-32-20)13-23-26(37)25(27(38)24(15-36)41-23)35-14-21(31-33-35)17-5-6-19(30)22(11-17)40-4/h5-6,11,14,16,18,23-27,36-38H,7-10,12-13,15H2,1-4H3/t18-,23-,24-,25-,26+,27+/m1/s1. The lowest BCUT2D eigenvalue weighted by Gasteiger charge is -2.42. The minimum atomic E-state index is -1.24. The van der Waals surface area contributed by atoms with Crippen molar-refractivity contribution in [3.05, 3.63) is 29.4 Å². The number of carbonyl (C=O) groups excluding carboxylic acids is 1. The molecule has 3 aliphatic rings. The summed E-state index contributed by atoms with van der Waals surface area (Å²) in [5.41, 5.74) is 1.57. The van der Waals surface area contributed by atoms with E-state index in [1.54, 1.807) is 29.3 Å². The molecule has 0 bridgehead atoms. The van der Waals surface area contributed by atoms with Crippen molar-refractivity contribution in [3.8, 4) is 17.0 Å². The van der Waals surface area contributed by atoms with Crippen molar-refractivity contribution in [2.45, 2.75) is 88.6 Å². The molecule has 0 spiro atoms. The molecule has 0 aliphatic carbocycles. The van der Waals surface area contributed by atoms with E-state index in [0.29, 0.717) is 48.0 Å². The number of halogens is 1. The first kappa shape index (κ1) is 31.5. The van der Waals surface area contributed by atoms with E-state index in [2.05, 4.69) is 15.5 Å². The molecule has 6 atom stereocenters. The van der Waals surface area contributed by atoms with Crippen LogP contribution in [0.15, 0.2) is 29.6 Å². The molecular formula is C29H40ClN5O8. The SMILES string of the molecule is COc1cc(-c2cn([C@H]3[C@@H](O)[C@@H](CO)O[C@H](C[C@H]4CC(C5CCN(C(=O)OC(C)(C)C)CC5)=NO4)[C@@H]3O)nn2)ccc1Cl. The van der Waals surface area contributed by atoms with Crippen molar-refractivity contribution in [2.24, 2.45) is 11.1 Å². The normalized spacial score (nSPS) is 28.4. The minimum absolute atomic E-state index is 0.181. The Morgan fingerprint density at radius 1 is 1.16 bits per heavy atom. The fourth-order valence-electron chi connectivity index (χ4n) is 5.86. The molecule has 4 heterocycles. The third-order valence-corrected chi connectivity index (χ3v) is 8.44. The van der Waals surface area contributed by atoms with Gasteiger partial charge in [0.05, 0.1) is 36.8 Å². The van der Waals surface area contributed by atoms with Gasteiger partial charge in [-0.3, -0.25) is 0 Å². The summed E-state index contributed by atoms with van der Waals surface area (Å²) in [4.78, 5) is 19.9. The number of oxime groups is 1. The predicted molar refractivity (Wildman–Crippen MR) is 156 cm³/mol. The van der Waals surface area contributed by atoms with Crippen LogP contribution >= 0.6 is 11.6 Å². The van der Waals surface area contributed by atoms with E-state index in [0.717, 1.165) is 18.6 Å². The quantitative estimate of drug-likeness (QED) is 0.419. The van der Waals surface area contributed by atoms with Gasteiger partial charge >= 0.3 is 6.09 Å². The number of benzene rings is 1. The third kappa shape index (κ3) is 7.07. The summed E-state index contributed by atoms with van der Waals surface area (Å²) in [5, 5.41) is 45.5. The lowest BCUT2D eigenvalue weighted by Crippen LogP contribution is -2.56. The van der Waals surface area contributed by atoms with Gasteiger partial charge in [-0.25, -0.2) is 9.48 Å². The van der Waals surface area contributed by atoms with Crippen molar-refractivity contribution in [3.63, 3.8) is 0 Å². The number of hydrogen-bond donors (Lipinski definition) is 3. The number of hydrogen-bond acceptors (Lipinski definition) is 11. The van der Waals surface area contributed by atoms with E-state index in [-0.39, 0.29) is 18.1 Å². The number of rotatable bonds is 7. The summed E-state index contributed by atoms with van der Waals surface area (Å²) in [6.45, 7) is 6.26. The monoisotopic (exact) mass is 621 g/mol. The number of aliphatic hydroxyl groups is 3. The highest BCUT2D eigenvalue weighted by molar-refractivity contribution is 6.32. The first-order chi connectivity index (χ1) is 20.5. The highest BCUT2D eigenvalue weighted by Crippen LogP contribution is 2.36. The molecule has 5 rings (SSSR count). The van der Waals surface area contributed by atoms with Crippen LogP contribution < -0.4 is 4.74 Å². The largest absolute Gasteiger partial charge is 0.495 e. The first-order valence-electron chi connectivity index (χ1n) is 14.6. The smallest absolute Gasteiger partial charge is 0.410 e. The number of nitrogens with zero attached hydrogens (tertiary/aromatic N) is 5. The van der Waals surface area contributed by atoms with Gasteiger partial charge in [0.1, 0.15) is 47.5 Å². The number of piperidine rings is 1. The molecule has 2 saturated heterocycles. The molecule has 2 aromatic rings. The zero-order valence-corrected chi connectivity index (χ0v) is 25.6. The Morgan fingerprint density at radius 3 is 2.56 bits per heavy atom. The second kappa shape index (κ2) is 12.9. The third-order valence-electron chi connectivity index (χ3n) is 8.12. The van der Waals surface area contributed by atoms with E-state index in [1.807, 2.05) is 20.8 Å². The molecule has 1 aromatic heterocycles. The lowest BCUT2D eigenvalue weighted by atomic mass is 9.86. The maximum Gasteiger partial charge on any atom is 0.410 e. The number of methoxy groups -OCH3 is 1. The number of amides is 1. The van der Waals surface area contributed by atoms with Gasteiger partial charge in [-0.1, -0.05) is 28.0 Å². The van der Waals surface area contributed by atoms with Crippen LogP contribution in [0.1, 0.15) is 52.5 Å². The lowest BCUT2D eigenvalue weighted by molar-refractivity contribution is -0.212. The van der Waals surface area contributed by atoms with E-state index in [4.69, 9.17) is 30.6 Å². The summed E-state index contributed by atoms with van der Waals surface area (Å²) in [6.07, 6.45) is -0.782. The van der Waals surface area contributed by atoms with Crippen LogP contribution in [0.25, 0.3) is 11.3 Å². The zero-order valence-electron chi connectivity index (χ0n) is 24.8. The van der Waals surface area contributed by atoms with Crippen LogP contribution in [0, 0.1) is 5.92 Å². The second-order valence-corrected chi connectivity index (χ2v) is 12.7. The highest BCUT2D eigenvalue weighted by Gasteiger charge is 2.47. The second-order valence-electron chi connectivity index (χ2n) is 12.3. The maximum absolute atomic E-state index is 12.4. The summed E-state index contributed by atoms with van der Waals surface area (Å²) >= 11 is 6.15. The van der Waals surface area contributed by atoms with Crippen LogP contribution in [0.5, 0.6) is 5.75 Å². The van der Waals surface area contributed by atoms with Gasteiger partial charge < -0.3 is 39.3 Å². The molecule has 3 N–H and O–H groups in total. The molecule has 43 heavy (non-hydrogen) atoms. The predicted octanol–water partition coefficient (Wildman–Crippen LogP) is 2.81. The topological polar surface area (TPSA) is 161 Å². The highest BCUT2D eigenvalue weighted by atomic mass is 35.5. The Labute approximate surface area is 255 Å². The summed E-state index contributed by atoms with van der Waals surface area (Å²) in [6, 6.07) is 4.26. The van der Waals surface area contributed by atoms with E-state index in [9.17, 15) is 20.1 Å². The van der Waals surface area contributed by atoms with Gasteiger partial charge in [0.15, 0.2) is 0 Å². The number of ether oxygens (including phenoxy) is 3. The molecule has 3 aliphatic heterocycles. The molecular weight excluding hydrogens is 582 g/mol. The van der Waals surface area contributed by atoms with Crippen LogP contribution in [0.3, 0.4) is 0 Å². The molecule has 2 fully saturated rings. The molecule has 0 unspecified atom stereocenters. The van der Waals surface area contributed by atoms with Crippen molar-refractivity contribution >= 4 is 23.4 Å². The number of carbonyl (C=O) groups is 1. The molecule has 0 saturated carbocycles. The fraction of sp³-hybridized carbons (Fsp3) is 0.655. The molecule has 1 amide bonds. The van der Waals surface area contributed by atoms with Gasteiger partial charge in [0.2, 0.25) is 0 Å². The maximum atomic E-state index is 12.4. The number of aromatic nitrogens is 3. The summed E-state index contributed by atoms with van der Waals surface area (Å²) in [7, 11) is 1.52. The van der Waals surface area contributed by atoms with Crippen LogP contribution in [-0.4, -0.2) is 110 Å². The number of likely N-dealkylation sites (tertiary alicyclic amines) is 1. The van der Waals surface area contributed by atoms with Gasteiger partial charge in [-0.15, -0.1) is 5.10 Å². The first-order valence-corrected chi connectivity index (χ1v) is 14.9. The molecule has 0 radical (unpaired) electrons. The Bertz CT molecular complexity index is 1310. The van der Waals surface area contributed by atoms with E-state index in [1.165, 1.54) is 11.8 Å². The molecule has 14 heteroatoms. The number of aliphatic hydroxyl groups excluding tert-OH is 3. The van der Waals surface area contributed by atoms with Gasteiger partial charge in [-0.2, -0.15) is 0 Å². The van der Waals surface area contributed by atoms with Crippen molar-refractivity contribution in [1.29, 1.82) is 0 Å². The van der Waals surface area contributed by atoms with Gasteiger partial charge in [-0.05, 0) is 45.7 Å². The van der Waals surface area contributed by atoms with Crippen LogP contribution in [0.2, 0.25) is 5.02 Å². The van der Waals surface area contributed by atoms with Crippen LogP contribution in [0.4, 0.5) is 4.79 Å². The Hall–Kier alpha value is -2.97. The van der Waals surface area contributed by atoms with Crippen LogP contribution in [-0.2, 0) is 14.3 Å². The average molecular weight is 622 g/mol. The Balaban J connectivity index is 1.21. The van der Waals surface area contributed by atoms with E-state index < -0.39 is 42.7 Å². The summed E-state index contributed by atoms with van der Waals surface area (Å²) in [5.74, 6) is 0.660. The van der Waals surface area contributed by atoms with Crippen molar-refractivity contribution in [1.82, 2.24) is 19.9 Å². The Morgan fingerprint density at radius 2 is 1.88 bits per heavy atom.